The predicted molar refractivity (Wildman–Crippen MR) is 75.5 cm³/mol. The van der Waals surface area contributed by atoms with Crippen LogP contribution in [0.3, 0.4) is 0 Å². The van der Waals surface area contributed by atoms with Crippen molar-refractivity contribution in [3.8, 4) is 0 Å². The van der Waals surface area contributed by atoms with Crippen LogP contribution in [0, 0.1) is 6.92 Å². The predicted octanol–water partition coefficient (Wildman–Crippen LogP) is 2.12. The van der Waals surface area contributed by atoms with Gasteiger partial charge in [0.15, 0.2) is 0 Å². The summed E-state index contributed by atoms with van der Waals surface area (Å²) in [6, 6.07) is 10.4. The first-order valence-corrected chi connectivity index (χ1v) is 6.65. The van der Waals surface area contributed by atoms with Crippen molar-refractivity contribution in [2.45, 2.75) is 20.0 Å². The second-order valence-corrected chi connectivity index (χ2v) is 4.86. The van der Waals surface area contributed by atoms with Gasteiger partial charge in [0, 0.05) is 19.6 Å². The van der Waals surface area contributed by atoms with Gasteiger partial charge in [0.2, 0.25) is 0 Å². The topological polar surface area (TPSA) is 34.0 Å². The summed E-state index contributed by atoms with van der Waals surface area (Å²) >= 11 is 0. The number of aromatic nitrogens is 3. The normalized spacial score (nSPS) is 15.8. The van der Waals surface area contributed by atoms with Crippen molar-refractivity contribution >= 4 is 6.08 Å². The largest absolute Gasteiger partial charge is 0.313 e. The van der Waals surface area contributed by atoms with Gasteiger partial charge in [-0.3, -0.25) is 4.90 Å². The van der Waals surface area contributed by atoms with Gasteiger partial charge in [-0.25, -0.2) is 0 Å². The highest BCUT2D eigenvalue weighted by Gasteiger charge is 2.18. The molecule has 0 aliphatic carbocycles. The third kappa shape index (κ3) is 2.74. The van der Waals surface area contributed by atoms with Crippen molar-refractivity contribution in [3.63, 3.8) is 0 Å². The van der Waals surface area contributed by atoms with Gasteiger partial charge >= 0.3 is 0 Å². The maximum Gasteiger partial charge on any atom is 0.147 e. The minimum absolute atomic E-state index is 0.889. The Morgan fingerprint density at radius 3 is 2.84 bits per heavy atom. The van der Waals surface area contributed by atoms with E-state index in [1.54, 1.807) is 0 Å². The first-order valence-electron chi connectivity index (χ1n) is 6.65. The van der Waals surface area contributed by atoms with Crippen molar-refractivity contribution < 1.29 is 0 Å². The summed E-state index contributed by atoms with van der Waals surface area (Å²) in [6.45, 7) is 5.92. The smallest absolute Gasteiger partial charge is 0.147 e. The van der Waals surface area contributed by atoms with E-state index in [9.17, 15) is 0 Å². The summed E-state index contributed by atoms with van der Waals surface area (Å²) in [7, 11) is 0. The molecule has 1 aromatic heterocycles. The quantitative estimate of drug-likeness (QED) is 0.841. The molecule has 4 nitrogen and oxygen atoms in total. The average Bonchev–Trinajstić information content (AvgIpc) is 2.81. The number of rotatable bonds is 3. The fourth-order valence-electron chi connectivity index (χ4n) is 2.41. The highest BCUT2D eigenvalue weighted by molar-refractivity contribution is 5.48. The Kier molecular flexibility index (Phi) is 3.42. The second kappa shape index (κ2) is 5.36. The first kappa shape index (κ1) is 12.1. The van der Waals surface area contributed by atoms with Gasteiger partial charge in [-0.1, -0.05) is 42.5 Å². The summed E-state index contributed by atoms with van der Waals surface area (Å²) in [5.74, 6) is 2.10. The third-order valence-corrected chi connectivity index (χ3v) is 3.49. The molecule has 0 fully saturated rings. The molecule has 0 saturated carbocycles. The van der Waals surface area contributed by atoms with Gasteiger partial charge in [-0.2, -0.15) is 0 Å². The highest BCUT2D eigenvalue weighted by atomic mass is 15.3. The zero-order valence-electron chi connectivity index (χ0n) is 11.2. The van der Waals surface area contributed by atoms with Crippen LogP contribution in [0.25, 0.3) is 6.08 Å². The molecule has 98 valence electrons. The first-order chi connectivity index (χ1) is 9.33. The van der Waals surface area contributed by atoms with Crippen molar-refractivity contribution in [1.82, 2.24) is 19.7 Å². The molecule has 0 atom stereocenters. The fourth-order valence-corrected chi connectivity index (χ4v) is 2.41. The summed E-state index contributed by atoms with van der Waals surface area (Å²) in [5.41, 5.74) is 1.25. The Balaban J connectivity index is 1.59. The zero-order chi connectivity index (χ0) is 13.1. The van der Waals surface area contributed by atoms with Crippen LogP contribution < -0.4 is 0 Å². The van der Waals surface area contributed by atoms with Crippen molar-refractivity contribution in [2.75, 3.05) is 13.1 Å². The Hall–Kier alpha value is -1.94. The van der Waals surface area contributed by atoms with Gasteiger partial charge in [0.25, 0.3) is 0 Å². The average molecular weight is 254 g/mol. The van der Waals surface area contributed by atoms with Crippen LogP contribution in [0.15, 0.2) is 36.4 Å². The molecule has 0 bridgehead atoms. The van der Waals surface area contributed by atoms with E-state index >= 15 is 0 Å². The lowest BCUT2D eigenvalue weighted by atomic mass is 10.2. The molecule has 3 rings (SSSR count). The van der Waals surface area contributed by atoms with E-state index in [0.717, 1.165) is 37.8 Å². The van der Waals surface area contributed by atoms with Gasteiger partial charge in [-0.05, 0) is 12.5 Å². The van der Waals surface area contributed by atoms with Crippen LogP contribution in [0.1, 0.15) is 17.2 Å². The molecule has 19 heavy (non-hydrogen) atoms. The highest BCUT2D eigenvalue weighted by Crippen LogP contribution is 2.11. The van der Waals surface area contributed by atoms with Crippen molar-refractivity contribution in [3.05, 3.63) is 53.6 Å². The molecule has 0 amide bonds. The minimum atomic E-state index is 0.889. The van der Waals surface area contributed by atoms with Crippen LogP contribution in [0.5, 0.6) is 0 Å². The standard InChI is InChI=1S/C15H18N4/c1-13-16-17-15-12-18(10-11-19(13)15)9-5-8-14-6-3-2-4-7-14/h2-8H,9-12H2,1H3. The van der Waals surface area contributed by atoms with Gasteiger partial charge < -0.3 is 4.57 Å². The number of nitrogens with zero attached hydrogens (tertiary/aromatic N) is 4. The summed E-state index contributed by atoms with van der Waals surface area (Å²) < 4.78 is 2.21. The second-order valence-electron chi connectivity index (χ2n) is 4.86. The number of aryl methyl sites for hydroxylation is 1. The Morgan fingerprint density at radius 2 is 2.00 bits per heavy atom. The van der Waals surface area contributed by atoms with Gasteiger partial charge in [0.1, 0.15) is 11.6 Å². The van der Waals surface area contributed by atoms with E-state index in [2.05, 4.69) is 56.1 Å². The molecule has 2 heterocycles. The van der Waals surface area contributed by atoms with Crippen LogP contribution in [-0.4, -0.2) is 32.8 Å². The van der Waals surface area contributed by atoms with Crippen LogP contribution in [-0.2, 0) is 13.1 Å². The molecule has 0 saturated heterocycles. The molecule has 1 aliphatic heterocycles. The Labute approximate surface area is 113 Å². The lowest BCUT2D eigenvalue weighted by Crippen LogP contribution is -2.34. The summed E-state index contributed by atoms with van der Waals surface area (Å²) in [5, 5.41) is 8.35. The maximum atomic E-state index is 4.22. The number of fused-ring (bicyclic) bond motifs is 1. The lowest BCUT2D eigenvalue weighted by Gasteiger charge is -2.26. The van der Waals surface area contributed by atoms with Gasteiger partial charge in [0.05, 0.1) is 6.54 Å². The SMILES string of the molecule is Cc1nnc2n1CCN(CC=Cc1ccccc1)C2. The molecule has 4 heteroatoms. The van der Waals surface area contributed by atoms with Crippen LogP contribution >= 0.6 is 0 Å². The number of benzene rings is 1. The molecule has 0 unspecified atom stereocenters. The fraction of sp³-hybridized carbons (Fsp3) is 0.333. The molecule has 1 aromatic carbocycles. The number of hydrogen-bond acceptors (Lipinski definition) is 3. The van der Waals surface area contributed by atoms with Crippen LogP contribution in [0.4, 0.5) is 0 Å². The molecular formula is C15H18N4. The Morgan fingerprint density at radius 1 is 1.16 bits per heavy atom. The van der Waals surface area contributed by atoms with Crippen LogP contribution in [0.2, 0.25) is 0 Å². The monoisotopic (exact) mass is 254 g/mol. The van der Waals surface area contributed by atoms with E-state index in [0.29, 0.717) is 0 Å². The molecule has 1 aliphatic rings. The van der Waals surface area contributed by atoms with Crippen molar-refractivity contribution in [2.24, 2.45) is 0 Å². The summed E-state index contributed by atoms with van der Waals surface area (Å²) in [4.78, 5) is 2.39. The van der Waals surface area contributed by atoms with E-state index in [1.807, 2.05) is 13.0 Å². The van der Waals surface area contributed by atoms with E-state index in [-0.39, 0.29) is 0 Å². The van der Waals surface area contributed by atoms with Crippen molar-refractivity contribution in [1.29, 1.82) is 0 Å². The maximum absolute atomic E-state index is 4.22. The minimum Gasteiger partial charge on any atom is -0.313 e. The van der Waals surface area contributed by atoms with Gasteiger partial charge in [-0.15, -0.1) is 10.2 Å². The van der Waals surface area contributed by atoms with E-state index in [1.165, 1.54) is 5.56 Å². The van der Waals surface area contributed by atoms with E-state index < -0.39 is 0 Å². The molecule has 0 spiro atoms. The number of hydrogen-bond donors (Lipinski definition) is 0. The molecule has 0 N–H and O–H groups in total. The summed E-state index contributed by atoms with van der Waals surface area (Å²) in [6.07, 6.45) is 4.39. The lowest BCUT2D eigenvalue weighted by molar-refractivity contribution is 0.238. The third-order valence-electron chi connectivity index (χ3n) is 3.49. The zero-order valence-corrected chi connectivity index (χ0v) is 11.2. The molecular weight excluding hydrogens is 236 g/mol. The molecule has 2 aromatic rings. The molecule has 0 radical (unpaired) electrons. The Bertz CT molecular complexity index is 571. The van der Waals surface area contributed by atoms with E-state index in [4.69, 9.17) is 0 Å².